The van der Waals surface area contributed by atoms with Crippen molar-refractivity contribution in [1.82, 2.24) is 0 Å². The van der Waals surface area contributed by atoms with Crippen LogP contribution in [-0.4, -0.2) is 32.5 Å². The molecule has 22 heavy (non-hydrogen) atoms. The molecule has 1 aromatic rings. The Hall–Kier alpha value is -1.82. The van der Waals surface area contributed by atoms with Crippen LogP contribution < -0.4 is 0 Å². The van der Waals surface area contributed by atoms with Crippen molar-refractivity contribution in [2.45, 2.75) is 25.1 Å². The number of hydrogen-bond acceptors (Lipinski definition) is 3. The molecule has 0 spiro atoms. The number of hydrogen-bond donors (Lipinski definition) is 0. The highest BCUT2D eigenvalue weighted by Gasteiger charge is 2.46. The van der Waals surface area contributed by atoms with Crippen LogP contribution in [0.3, 0.4) is 0 Å². The van der Waals surface area contributed by atoms with Crippen molar-refractivity contribution in [2.24, 2.45) is 5.92 Å². The summed E-state index contributed by atoms with van der Waals surface area (Å²) in [5.41, 5.74) is 0.881. The maximum atomic E-state index is 13.2. The van der Waals surface area contributed by atoms with Gasteiger partial charge in [0.15, 0.2) is 6.10 Å². The van der Waals surface area contributed by atoms with E-state index in [2.05, 4.69) is 9.47 Å². The predicted octanol–water partition coefficient (Wildman–Crippen LogP) is 3.71. The number of alkyl halides is 3. The molecule has 6 heteroatoms. The van der Waals surface area contributed by atoms with Crippen molar-refractivity contribution in [3.8, 4) is 0 Å². The molecule has 1 aromatic carbocycles. The molecule has 0 N–H and O–H groups in total. The quantitative estimate of drug-likeness (QED) is 0.593. The zero-order valence-corrected chi connectivity index (χ0v) is 12.6. The van der Waals surface area contributed by atoms with Crippen LogP contribution in [0.25, 0.3) is 0 Å². The van der Waals surface area contributed by atoms with Crippen molar-refractivity contribution >= 4 is 5.97 Å². The third kappa shape index (κ3) is 4.87. The van der Waals surface area contributed by atoms with Gasteiger partial charge >= 0.3 is 12.1 Å². The lowest BCUT2D eigenvalue weighted by Gasteiger charge is -2.24. The lowest BCUT2D eigenvalue weighted by Crippen LogP contribution is -2.40. The lowest BCUT2D eigenvalue weighted by molar-refractivity contribution is -0.200. The topological polar surface area (TPSA) is 35.5 Å². The molecule has 1 unspecified atom stereocenters. The van der Waals surface area contributed by atoms with Crippen molar-refractivity contribution in [3.05, 3.63) is 48.0 Å². The first-order valence-electron chi connectivity index (χ1n) is 6.71. The lowest BCUT2D eigenvalue weighted by atomic mass is 9.95. The standard InChI is InChI=1S/C16H19F3O3/c1-11(12-7-5-4-6-8-12)9-10-13(16(17,18)19)14(21-2)15(20)22-3/h4-11,13-14H,1-3H3/b10-9+/t11?,13-,14-/m0/s1. The van der Waals surface area contributed by atoms with E-state index < -0.39 is 24.2 Å². The van der Waals surface area contributed by atoms with Gasteiger partial charge in [0.1, 0.15) is 5.92 Å². The minimum Gasteiger partial charge on any atom is -0.467 e. The van der Waals surface area contributed by atoms with Crippen LogP contribution in [0.4, 0.5) is 13.2 Å². The molecule has 0 heterocycles. The molecule has 3 atom stereocenters. The molecule has 0 bridgehead atoms. The molecule has 1 rings (SSSR count). The molecule has 0 aromatic heterocycles. The van der Waals surface area contributed by atoms with Crippen LogP contribution in [0.1, 0.15) is 18.4 Å². The van der Waals surface area contributed by atoms with E-state index in [0.717, 1.165) is 25.9 Å². The van der Waals surface area contributed by atoms with Gasteiger partial charge in [0, 0.05) is 7.11 Å². The van der Waals surface area contributed by atoms with Crippen LogP contribution in [-0.2, 0) is 14.3 Å². The molecule has 0 aliphatic heterocycles. The number of ether oxygens (including phenoxy) is 2. The Bertz CT molecular complexity index is 497. The second-order valence-electron chi connectivity index (χ2n) is 4.83. The number of methoxy groups -OCH3 is 2. The number of benzene rings is 1. The summed E-state index contributed by atoms with van der Waals surface area (Å²) in [5, 5.41) is 0. The van der Waals surface area contributed by atoms with Gasteiger partial charge in [-0.3, -0.25) is 0 Å². The largest absolute Gasteiger partial charge is 0.467 e. The van der Waals surface area contributed by atoms with Crippen molar-refractivity contribution in [2.75, 3.05) is 14.2 Å². The van der Waals surface area contributed by atoms with E-state index in [0.29, 0.717) is 0 Å². The maximum absolute atomic E-state index is 13.2. The van der Waals surface area contributed by atoms with Gasteiger partial charge < -0.3 is 9.47 Å². The van der Waals surface area contributed by atoms with E-state index in [1.807, 2.05) is 30.3 Å². The number of rotatable bonds is 6. The minimum absolute atomic E-state index is 0.221. The minimum atomic E-state index is -4.61. The zero-order valence-electron chi connectivity index (χ0n) is 12.6. The van der Waals surface area contributed by atoms with E-state index in [1.54, 1.807) is 6.92 Å². The van der Waals surface area contributed by atoms with Gasteiger partial charge in [-0.1, -0.05) is 49.4 Å². The first-order chi connectivity index (χ1) is 10.3. The van der Waals surface area contributed by atoms with Gasteiger partial charge in [0.2, 0.25) is 0 Å². The molecule has 0 aliphatic rings. The van der Waals surface area contributed by atoms with Crippen LogP contribution >= 0.6 is 0 Å². The fraction of sp³-hybridized carbons (Fsp3) is 0.438. The van der Waals surface area contributed by atoms with Crippen molar-refractivity contribution in [1.29, 1.82) is 0 Å². The van der Waals surface area contributed by atoms with Crippen LogP contribution in [0.5, 0.6) is 0 Å². The molecule has 0 radical (unpaired) electrons. The Kier molecular flexibility index (Phi) is 6.61. The summed E-state index contributed by atoms with van der Waals surface area (Å²) in [6, 6.07) is 9.11. The fourth-order valence-corrected chi connectivity index (χ4v) is 2.04. The third-order valence-corrected chi connectivity index (χ3v) is 3.32. The summed E-state index contributed by atoms with van der Waals surface area (Å²) in [6.45, 7) is 1.78. The molecular weight excluding hydrogens is 297 g/mol. The number of carbonyl (C=O) groups is 1. The highest BCUT2D eigenvalue weighted by atomic mass is 19.4. The summed E-state index contributed by atoms with van der Waals surface area (Å²) in [7, 11) is 2.08. The smallest absolute Gasteiger partial charge is 0.398 e. The Labute approximate surface area is 127 Å². The first-order valence-corrected chi connectivity index (χ1v) is 6.71. The van der Waals surface area contributed by atoms with E-state index in [4.69, 9.17) is 0 Å². The molecule has 0 fully saturated rings. The van der Waals surface area contributed by atoms with Gasteiger partial charge in [0.25, 0.3) is 0 Å². The molecule has 122 valence electrons. The van der Waals surface area contributed by atoms with Gasteiger partial charge in [-0.15, -0.1) is 0 Å². The normalized spacial score (nSPS) is 16.3. The Morgan fingerprint density at radius 1 is 1.14 bits per heavy atom. The summed E-state index contributed by atoms with van der Waals surface area (Å²) < 4.78 is 48.6. The van der Waals surface area contributed by atoms with E-state index in [9.17, 15) is 18.0 Å². The van der Waals surface area contributed by atoms with E-state index in [-0.39, 0.29) is 5.92 Å². The van der Waals surface area contributed by atoms with Gasteiger partial charge in [0.05, 0.1) is 7.11 Å². The van der Waals surface area contributed by atoms with E-state index in [1.165, 1.54) is 6.08 Å². The van der Waals surface area contributed by atoms with Crippen molar-refractivity contribution in [3.63, 3.8) is 0 Å². The van der Waals surface area contributed by atoms with Crippen LogP contribution in [0.2, 0.25) is 0 Å². The Morgan fingerprint density at radius 2 is 1.73 bits per heavy atom. The summed E-state index contributed by atoms with van der Waals surface area (Å²) in [6.07, 6.45) is -3.95. The maximum Gasteiger partial charge on any atom is 0.398 e. The molecule has 0 saturated carbocycles. The van der Waals surface area contributed by atoms with Gasteiger partial charge in [-0.05, 0) is 11.5 Å². The summed E-state index contributed by atoms with van der Waals surface area (Å²) >= 11 is 0. The number of halogens is 3. The second-order valence-corrected chi connectivity index (χ2v) is 4.83. The van der Waals surface area contributed by atoms with Crippen LogP contribution in [0, 0.1) is 5.92 Å². The highest BCUT2D eigenvalue weighted by Crippen LogP contribution is 2.33. The SMILES string of the molecule is COC(=O)[C@@H](OC)[C@H](/C=C/C(C)c1ccccc1)C(F)(F)F. The first kappa shape index (κ1) is 18.2. The summed E-state index contributed by atoms with van der Waals surface area (Å²) in [5.74, 6) is -3.33. The average Bonchev–Trinajstić information content (AvgIpc) is 2.50. The van der Waals surface area contributed by atoms with Crippen molar-refractivity contribution < 1.29 is 27.4 Å². The Balaban J connectivity index is 2.99. The summed E-state index contributed by atoms with van der Waals surface area (Å²) in [4.78, 5) is 11.5. The third-order valence-electron chi connectivity index (χ3n) is 3.32. The molecule has 0 amide bonds. The second kappa shape index (κ2) is 7.98. The van der Waals surface area contributed by atoms with Crippen LogP contribution in [0.15, 0.2) is 42.5 Å². The molecule has 0 aliphatic carbocycles. The predicted molar refractivity (Wildman–Crippen MR) is 76.4 cm³/mol. The molecule has 3 nitrogen and oxygen atoms in total. The number of allylic oxidation sites excluding steroid dienone is 1. The molecule has 0 saturated heterocycles. The number of esters is 1. The number of carbonyl (C=O) groups excluding carboxylic acids is 1. The van der Waals surface area contributed by atoms with E-state index >= 15 is 0 Å². The molecular formula is C16H19F3O3. The van der Waals surface area contributed by atoms with Gasteiger partial charge in [-0.2, -0.15) is 13.2 Å². The average molecular weight is 316 g/mol. The highest BCUT2D eigenvalue weighted by molar-refractivity contribution is 5.75. The van der Waals surface area contributed by atoms with Gasteiger partial charge in [-0.25, -0.2) is 4.79 Å². The fourth-order valence-electron chi connectivity index (χ4n) is 2.04. The Morgan fingerprint density at radius 3 is 2.18 bits per heavy atom. The monoisotopic (exact) mass is 316 g/mol. The zero-order chi connectivity index (χ0) is 16.8.